The molecule has 0 aliphatic rings. The molecular formula is C18H31NO2. The van der Waals surface area contributed by atoms with Crippen molar-refractivity contribution < 1.29 is 9.47 Å². The first-order valence-electron chi connectivity index (χ1n) is 8.14. The molecule has 0 bridgehead atoms. The summed E-state index contributed by atoms with van der Waals surface area (Å²) in [6.45, 7) is 7.96. The van der Waals surface area contributed by atoms with Gasteiger partial charge in [0.05, 0.1) is 0 Å². The second-order valence-electron chi connectivity index (χ2n) is 5.57. The maximum absolute atomic E-state index is 5.69. The summed E-state index contributed by atoms with van der Waals surface area (Å²) < 4.78 is 10.7. The van der Waals surface area contributed by atoms with Crippen molar-refractivity contribution in [2.75, 3.05) is 33.5 Å². The molecule has 0 fully saturated rings. The van der Waals surface area contributed by atoms with Gasteiger partial charge >= 0.3 is 0 Å². The third kappa shape index (κ3) is 7.60. The Balaban J connectivity index is 2.39. The van der Waals surface area contributed by atoms with E-state index in [1.165, 1.54) is 5.56 Å². The molecule has 0 spiro atoms. The van der Waals surface area contributed by atoms with Crippen LogP contribution >= 0.6 is 0 Å². The van der Waals surface area contributed by atoms with Gasteiger partial charge in [0.25, 0.3) is 0 Å². The summed E-state index contributed by atoms with van der Waals surface area (Å²) in [5.74, 6) is 0.557. The van der Waals surface area contributed by atoms with Crippen LogP contribution < -0.4 is 5.32 Å². The standard InChI is InChI=1S/C18H31NO2/c1-4-12-19-18(17-9-6-5-7-10-17)16(2)11-15-21-14-8-13-20-3/h5-7,9-10,16,18-19H,4,8,11-15H2,1-3H3. The molecule has 1 aromatic carbocycles. The van der Waals surface area contributed by atoms with E-state index >= 15 is 0 Å². The summed E-state index contributed by atoms with van der Waals surface area (Å²) in [5, 5.41) is 3.67. The van der Waals surface area contributed by atoms with Crippen LogP contribution in [0.1, 0.15) is 44.7 Å². The Kier molecular flexibility index (Phi) is 10.1. The average Bonchev–Trinajstić information content (AvgIpc) is 2.52. The van der Waals surface area contributed by atoms with E-state index in [1.807, 2.05) is 0 Å². The second kappa shape index (κ2) is 11.7. The van der Waals surface area contributed by atoms with Crippen molar-refractivity contribution in [1.82, 2.24) is 5.32 Å². The van der Waals surface area contributed by atoms with E-state index in [2.05, 4.69) is 49.5 Å². The van der Waals surface area contributed by atoms with Gasteiger partial charge in [-0.3, -0.25) is 0 Å². The van der Waals surface area contributed by atoms with Gasteiger partial charge in [0.2, 0.25) is 0 Å². The monoisotopic (exact) mass is 293 g/mol. The van der Waals surface area contributed by atoms with Crippen LogP contribution in [0.4, 0.5) is 0 Å². The summed E-state index contributed by atoms with van der Waals surface area (Å²) in [7, 11) is 1.73. The maximum Gasteiger partial charge on any atom is 0.0487 e. The summed E-state index contributed by atoms with van der Waals surface area (Å²) >= 11 is 0. The molecule has 1 rings (SSSR count). The lowest BCUT2D eigenvalue weighted by atomic mass is 9.92. The van der Waals surface area contributed by atoms with Gasteiger partial charge in [-0.15, -0.1) is 0 Å². The molecule has 0 radical (unpaired) electrons. The number of hydrogen-bond acceptors (Lipinski definition) is 3. The van der Waals surface area contributed by atoms with Crippen LogP contribution in [0.15, 0.2) is 30.3 Å². The van der Waals surface area contributed by atoms with Crippen LogP contribution in [0.25, 0.3) is 0 Å². The smallest absolute Gasteiger partial charge is 0.0487 e. The molecule has 120 valence electrons. The molecule has 0 aliphatic carbocycles. The highest BCUT2D eigenvalue weighted by atomic mass is 16.5. The van der Waals surface area contributed by atoms with Crippen LogP contribution in [-0.4, -0.2) is 33.5 Å². The van der Waals surface area contributed by atoms with E-state index in [0.29, 0.717) is 12.0 Å². The molecule has 1 aromatic rings. The summed E-state index contributed by atoms with van der Waals surface area (Å²) in [4.78, 5) is 0. The van der Waals surface area contributed by atoms with E-state index < -0.39 is 0 Å². The van der Waals surface area contributed by atoms with Gasteiger partial charge in [-0.1, -0.05) is 44.2 Å². The van der Waals surface area contributed by atoms with Crippen LogP contribution in [0, 0.1) is 5.92 Å². The van der Waals surface area contributed by atoms with Crippen molar-refractivity contribution in [2.24, 2.45) is 5.92 Å². The lowest BCUT2D eigenvalue weighted by Gasteiger charge is -2.26. The summed E-state index contributed by atoms with van der Waals surface area (Å²) in [6, 6.07) is 11.1. The zero-order chi connectivity index (χ0) is 15.3. The van der Waals surface area contributed by atoms with Crippen LogP contribution in [-0.2, 0) is 9.47 Å². The Morgan fingerprint density at radius 3 is 2.52 bits per heavy atom. The van der Waals surface area contributed by atoms with E-state index in [1.54, 1.807) is 7.11 Å². The van der Waals surface area contributed by atoms with Gasteiger partial charge in [-0.05, 0) is 37.3 Å². The van der Waals surface area contributed by atoms with E-state index in [9.17, 15) is 0 Å². The van der Waals surface area contributed by atoms with Crippen molar-refractivity contribution in [3.8, 4) is 0 Å². The highest BCUT2D eigenvalue weighted by Crippen LogP contribution is 2.24. The Labute approximate surface area is 130 Å². The Bertz CT molecular complexity index is 342. The number of benzene rings is 1. The molecule has 0 amide bonds. The molecule has 0 heterocycles. The Hall–Kier alpha value is -0.900. The van der Waals surface area contributed by atoms with Crippen LogP contribution in [0.5, 0.6) is 0 Å². The SMILES string of the molecule is CCCNC(c1ccccc1)C(C)CCOCCCOC. The Morgan fingerprint density at radius 2 is 1.86 bits per heavy atom. The van der Waals surface area contributed by atoms with Crippen molar-refractivity contribution in [1.29, 1.82) is 0 Å². The minimum atomic E-state index is 0.411. The number of ether oxygens (including phenoxy) is 2. The van der Waals surface area contributed by atoms with Crippen LogP contribution in [0.2, 0.25) is 0 Å². The van der Waals surface area contributed by atoms with Crippen molar-refractivity contribution in [2.45, 2.75) is 39.2 Å². The van der Waals surface area contributed by atoms with Crippen molar-refractivity contribution >= 4 is 0 Å². The van der Waals surface area contributed by atoms with Gasteiger partial charge in [-0.25, -0.2) is 0 Å². The summed E-state index contributed by atoms with van der Waals surface area (Å²) in [6.07, 6.45) is 3.20. The van der Waals surface area contributed by atoms with Crippen LogP contribution in [0.3, 0.4) is 0 Å². The fourth-order valence-corrected chi connectivity index (χ4v) is 2.45. The fraction of sp³-hybridized carbons (Fsp3) is 0.667. The maximum atomic E-state index is 5.69. The first-order chi connectivity index (χ1) is 10.3. The molecule has 1 N–H and O–H groups in total. The molecule has 21 heavy (non-hydrogen) atoms. The first-order valence-corrected chi connectivity index (χ1v) is 8.14. The molecule has 2 atom stereocenters. The van der Waals surface area contributed by atoms with Crippen molar-refractivity contribution in [3.05, 3.63) is 35.9 Å². The molecule has 0 aromatic heterocycles. The molecule has 0 saturated heterocycles. The normalized spacial score (nSPS) is 14.0. The highest BCUT2D eigenvalue weighted by Gasteiger charge is 2.18. The molecule has 3 nitrogen and oxygen atoms in total. The topological polar surface area (TPSA) is 30.5 Å². The molecule has 2 unspecified atom stereocenters. The lowest BCUT2D eigenvalue weighted by Crippen LogP contribution is -2.28. The zero-order valence-corrected chi connectivity index (χ0v) is 13.8. The number of rotatable bonds is 12. The van der Waals surface area contributed by atoms with Gasteiger partial charge in [0.15, 0.2) is 0 Å². The van der Waals surface area contributed by atoms with Gasteiger partial charge in [0, 0.05) is 33.0 Å². The molecule has 0 aliphatic heterocycles. The highest BCUT2D eigenvalue weighted by molar-refractivity contribution is 5.19. The zero-order valence-electron chi connectivity index (χ0n) is 13.8. The van der Waals surface area contributed by atoms with E-state index in [0.717, 1.165) is 45.6 Å². The Morgan fingerprint density at radius 1 is 1.10 bits per heavy atom. The predicted octanol–water partition coefficient (Wildman–Crippen LogP) is 3.81. The average molecular weight is 293 g/mol. The third-order valence-electron chi connectivity index (χ3n) is 3.70. The predicted molar refractivity (Wildman–Crippen MR) is 88.6 cm³/mol. The van der Waals surface area contributed by atoms with E-state index in [-0.39, 0.29) is 0 Å². The lowest BCUT2D eigenvalue weighted by molar-refractivity contribution is 0.0915. The van der Waals surface area contributed by atoms with Gasteiger partial charge in [-0.2, -0.15) is 0 Å². The fourth-order valence-electron chi connectivity index (χ4n) is 2.45. The molecule has 3 heteroatoms. The minimum Gasteiger partial charge on any atom is -0.385 e. The number of hydrogen-bond donors (Lipinski definition) is 1. The first kappa shape index (κ1) is 18.1. The van der Waals surface area contributed by atoms with Gasteiger partial charge in [0.1, 0.15) is 0 Å². The largest absolute Gasteiger partial charge is 0.385 e. The molecular weight excluding hydrogens is 262 g/mol. The second-order valence-corrected chi connectivity index (χ2v) is 5.57. The third-order valence-corrected chi connectivity index (χ3v) is 3.70. The number of nitrogens with one attached hydrogen (secondary N) is 1. The minimum absolute atomic E-state index is 0.411. The quantitative estimate of drug-likeness (QED) is 0.595. The summed E-state index contributed by atoms with van der Waals surface area (Å²) in [5.41, 5.74) is 1.37. The van der Waals surface area contributed by atoms with Crippen molar-refractivity contribution in [3.63, 3.8) is 0 Å². The van der Waals surface area contributed by atoms with Gasteiger partial charge < -0.3 is 14.8 Å². The molecule has 0 saturated carbocycles. The van der Waals surface area contributed by atoms with E-state index in [4.69, 9.17) is 9.47 Å². The number of methoxy groups -OCH3 is 1.